The molecule has 1 N–H and O–H groups in total. The van der Waals surface area contributed by atoms with Crippen molar-refractivity contribution in [2.24, 2.45) is 0 Å². The molecule has 4 heterocycles. The molecule has 10 nitrogen and oxygen atoms in total. The number of hydrogen-bond donors (Lipinski definition) is 1. The summed E-state index contributed by atoms with van der Waals surface area (Å²) in [6.07, 6.45) is 4.33. The third kappa shape index (κ3) is 11.8. The van der Waals surface area contributed by atoms with Crippen molar-refractivity contribution in [3.05, 3.63) is 59.9 Å². The Morgan fingerprint density at radius 1 is 0.778 bits per heavy atom. The van der Waals surface area contributed by atoms with E-state index in [1.165, 1.54) is 45.9 Å². The molecule has 0 saturated carbocycles. The van der Waals surface area contributed by atoms with Crippen LogP contribution in [0.3, 0.4) is 0 Å². The third-order valence-corrected chi connectivity index (χ3v) is 7.46. The first-order chi connectivity index (χ1) is 19.9. The first kappa shape index (κ1) is 39.0. The van der Waals surface area contributed by atoms with Gasteiger partial charge in [-0.25, -0.2) is 28.3 Å². The topological polar surface area (TPSA) is 119 Å². The molecule has 246 valence electrons. The summed E-state index contributed by atoms with van der Waals surface area (Å²) in [6.45, 7) is 14.3. The normalized spacial score (nSPS) is 10.8. The predicted molar refractivity (Wildman–Crippen MR) is 178 cm³/mol. The van der Waals surface area contributed by atoms with Crippen LogP contribution in [0.1, 0.15) is 67.8 Å². The summed E-state index contributed by atoms with van der Waals surface area (Å²) in [5, 5.41) is 5.08. The molecule has 0 fully saturated rings. The molecule has 0 atom stereocenters. The minimum Gasteiger partial charge on any atom is -0.444 e. The summed E-state index contributed by atoms with van der Waals surface area (Å²) < 4.78 is 37.0. The minimum absolute atomic E-state index is 0. The fourth-order valence-corrected chi connectivity index (χ4v) is 5.26. The first-order valence-corrected chi connectivity index (χ1v) is 14.7. The maximum absolute atomic E-state index is 13.3. The molecular formula is C31H42F2N6O4S2. The Bertz CT molecular complexity index is 1600. The quantitative estimate of drug-likeness (QED) is 0.229. The van der Waals surface area contributed by atoms with Crippen LogP contribution < -0.4 is 10.2 Å². The highest BCUT2D eigenvalue weighted by molar-refractivity contribution is 7.19. The lowest BCUT2D eigenvalue weighted by molar-refractivity contribution is 0.0587. The number of nitrogens with one attached hydrogen (secondary N) is 1. The number of anilines is 2. The molecule has 0 aromatic carbocycles. The number of hydrogen-bond acceptors (Lipinski definition) is 10. The van der Waals surface area contributed by atoms with E-state index in [1.807, 2.05) is 20.8 Å². The summed E-state index contributed by atoms with van der Waals surface area (Å²) >= 11 is 2.54. The summed E-state index contributed by atoms with van der Waals surface area (Å²) in [6, 6.07) is 2.71. The average Bonchev–Trinajstić information content (AvgIpc) is 3.44. The lowest BCUT2D eigenvalue weighted by Gasteiger charge is -2.23. The monoisotopic (exact) mass is 664 g/mol. The number of pyridine rings is 2. The lowest BCUT2D eigenvalue weighted by atomic mass is 10.2. The standard InChI is InChI=1S/C15H18FN3O2S.C14H16FN3O2S.2CH4/c1-9-13(19(5)14(20)21-15(2,3)4)22-12(18-9)10-6-11(16)8-17-7-10;1-8-11(18-13(19)20-14(2,3)4)21-12(17-8)9-5-10(15)7-16-6-9;;/h6-8H,1-5H3;5-7H,1-4H3,(H,18,19);2*1H4. The van der Waals surface area contributed by atoms with Gasteiger partial charge in [0.15, 0.2) is 0 Å². The second-order valence-electron chi connectivity index (χ2n) is 11.3. The van der Waals surface area contributed by atoms with Gasteiger partial charge in [0, 0.05) is 30.6 Å². The van der Waals surface area contributed by atoms with Gasteiger partial charge in [-0.2, -0.15) is 0 Å². The van der Waals surface area contributed by atoms with Gasteiger partial charge in [0.25, 0.3) is 0 Å². The average molecular weight is 665 g/mol. The highest BCUT2D eigenvalue weighted by Crippen LogP contribution is 2.35. The number of aromatic nitrogens is 4. The van der Waals surface area contributed by atoms with E-state index >= 15 is 0 Å². The summed E-state index contributed by atoms with van der Waals surface area (Å²) in [5.41, 5.74) is 1.33. The number of thiazole rings is 2. The smallest absolute Gasteiger partial charge is 0.415 e. The van der Waals surface area contributed by atoms with E-state index in [4.69, 9.17) is 9.47 Å². The molecule has 4 rings (SSSR count). The van der Waals surface area contributed by atoms with Crippen LogP contribution in [0.4, 0.5) is 28.4 Å². The summed E-state index contributed by atoms with van der Waals surface area (Å²) in [4.78, 5) is 41.6. The van der Waals surface area contributed by atoms with Crippen LogP contribution in [0.15, 0.2) is 36.9 Å². The molecule has 4 aromatic rings. The van der Waals surface area contributed by atoms with Crippen LogP contribution in [0, 0.1) is 25.5 Å². The molecule has 2 amide bonds. The Labute approximate surface area is 271 Å². The molecule has 0 spiro atoms. The fraction of sp³-hybridized carbons (Fsp3) is 0.419. The van der Waals surface area contributed by atoms with Crippen LogP contribution in [-0.4, -0.2) is 50.4 Å². The van der Waals surface area contributed by atoms with Crippen LogP contribution in [-0.2, 0) is 9.47 Å². The van der Waals surface area contributed by atoms with E-state index in [2.05, 4.69) is 25.3 Å². The number of carbonyl (C=O) groups excluding carboxylic acids is 2. The third-order valence-electron chi connectivity index (χ3n) is 5.06. The number of halogens is 2. The van der Waals surface area contributed by atoms with Crippen molar-refractivity contribution in [1.29, 1.82) is 0 Å². The van der Waals surface area contributed by atoms with Crippen molar-refractivity contribution in [3.8, 4) is 21.1 Å². The van der Waals surface area contributed by atoms with Crippen molar-refractivity contribution >= 4 is 44.9 Å². The number of rotatable bonds is 4. The molecule has 4 aromatic heterocycles. The SMILES string of the molecule is C.C.Cc1nc(-c2cncc(F)c2)sc1N(C)C(=O)OC(C)(C)C.Cc1nc(-c2cncc(F)c2)sc1NC(=O)OC(C)(C)C. The van der Waals surface area contributed by atoms with Crippen LogP contribution in [0.5, 0.6) is 0 Å². The zero-order valence-electron chi connectivity index (χ0n) is 25.4. The molecule has 45 heavy (non-hydrogen) atoms. The van der Waals surface area contributed by atoms with Gasteiger partial charge in [-0.05, 0) is 67.5 Å². The van der Waals surface area contributed by atoms with Gasteiger partial charge in [-0.3, -0.25) is 20.2 Å². The Morgan fingerprint density at radius 3 is 1.71 bits per heavy atom. The molecule has 14 heteroatoms. The zero-order chi connectivity index (χ0) is 32.1. The number of amides is 2. The Balaban J connectivity index is 0.000000431. The largest absolute Gasteiger partial charge is 0.444 e. The van der Waals surface area contributed by atoms with Gasteiger partial charge in [0.05, 0.1) is 23.8 Å². The number of carbonyl (C=O) groups is 2. The highest BCUT2D eigenvalue weighted by atomic mass is 32.1. The van der Waals surface area contributed by atoms with Gasteiger partial charge >= 0.3 is 12.2 Å². The van der Waals surface area contributed by atoms with Gasteiger partial charge in [0.2, 0.25) is 0 Å². The van der Waals surface area contributed by atoms with Crippen LogP contribution in [0.25, 0.3) is 21.1 Å². The lowest BCUT2D eigenvalue weighted by Crippen LogP contribution is -2.34. The van der Waals surface area contributed by atoms with Crippen molar-refractivity contribution in [3.63, 3.8) is 0 Å². The zero-order valence-corrected chi connectivity index (χ0v) is 27.0. The van der Waals surface area contributed by atoms with E-state index in [1.54, 1.807) is 47.9 Å². The van der Waals surface area contributed by atoms with Crippen molar-refractivity contribution < 1.29 is 27.8 Å². The second kappa shape index (κ2) is 15.8. The number of aryl methyl sites for hydroxylation is 2. The molecule has 0 radical (unpaired) electrons. The van der Waals surface area contributed by atoms with E-state index in [0.29, 0.717) is 42.5 Å². The van der Waals surface area contributed by atoms with Crippen molar-refractivity contribution in [2.75, 3.05) is 17.3 Å². The van der Waals surface area contributed by atoms with Gasteiger partial charge in [-0.15, -0.1) is 0 Å². The van der Waals surface area contributed by atoms with Gasteiger partial charge in [-0.1, -0.05) is 37.5 Å². The van der Waals surface area contributed by atoms with Crippen molar-refractivity contribution in [1.82, 2.24) is 19.9 Å². The Kier molecular flexibility index (Phi) is 13.7. The Morgan fingerprint density at radius 2 is 1.24 bits per heavy atom. The summed E-state index contributed by atoms with van der Waals surface area (Å²) in [7, 11) is 1.63. The molecule has 0 unspecified atom stereocenters. The molecule has 0 aliphatic rings. The fourth-order valence-electron chi connectivity index (χ4n) is 3.33. The highest BCUT2D eigenvalue weighted by Gasteiger charge is 2.24. The van der Waals surface area contributed by atoms with Crippen LogP contribution >= 0.6 is 22.7 Å². The van der Waals surface area contributed by atoms with E-state index in [0.717, 1.165) is 12.4 Å². The maximum atomic E-state index is 13.3. The van der Waals surface area contributed by atoms with Crippen LogP contribution in [0.2, 0.25) is 0 Å². The second-order valence-corrected chi connectivity index (χ2v) is 13.3. The van der Waals surface area contributed by atoms with Gasteiger partial charge < -0.3 is 9.47 Å². The first-order valence-electron chi connectivity index (χ1n) is 13.1. The number of ether oxygens (including phenoxy) is 2. The van der Waals surface area contributed by atoms with E-state index in [9.17, 15) is 18.4 Å². The van der Waals surface area contributed by atoms with Gasteiger partial charge in [0.1, 0.15) is 42.9 Å². The number of nitrogens with zero attached hydrogens (tertiary/aromatic N) is 5. The Hall–Kier alpha value is -4.04. The summed E-state index contributed by atoms with van der Waals surface area (Å²) in [5.74, 6) is -0.852. The van der Waals surface area contributed by atoms with Crippen molar-refractivity contribution in [2.45, 2.75) is 81.4 Å². The molecule has 0 saturated heterocycles. The molecule has 0 bridgehead atoms. The predicted octanol–water partition coefficient (Wildman–Crippen LogP) is 9.30. The van der Waals surface area contributed by atoms with E-state index < -0.39 is 35.0 Å². The molecular weight excluding hydrogens is 623 g/mol. The molecule has 0 aliphatic carbocycles. The molecule has 0 aliphatic heterocycles. The maximum Gasteiger partial charge on any atom is 0.415 e. The van der Waals surface area contributed by atoms with E-state index in [-0.39, 0.29) is 14.9 Å². The minimum atomic E-state index is -0.571.